The molecule has 6 nitrogen and oxygen atoms in total. The Kier molecular flexibility index (Phi) is 4.62. The molecule has 1 aromatic rings. The Bertz CT molecular complexity index is 544. The second kappa shape index (κ2) is 6.82. The standard InChI is InChI=1S/C14H17N3O3S/c18-14(9-17-3-5-21-6-4-17)16-15-8-11-1-2-12-13(7-11)20-10-19-12/h1-2,7-8H,3-6,9-10H2,(H,16,18)/b15-8-. The van der Waals surface area contributed by atoms with Crippen LogP contribution in [0.5, 0.6) is 11.5 Å². The quantitative estimate of drug-likeness (QED) is 0.662. The molecule has 0 atom stereocenters. The molecule has 1 N–H and O–H groups in total. The molecule has 0 bridgehead atoms. The second-order valence-electron chi connectivity index (χ2n) is 4.79. The lowest BCUT2D eigenvalue weighted by Crippen LogP contribution is -2.40. The molecule has 2 aliphatic heterocycles. The van der Waals surface area contributed by atoms with Gasteiger partial charge in [-0.1, -0.05) is 0 Å². The van der Waals surface area contributed by atoms with E-state index >= 15 is 0 Å². The zero-order valence-electron chi connectivity index (χ0n) is 11.6. The van der Waals surface area contributed by atoms with Crippen molar-refractivity contribution in [2.45, 2.75) is 0 Å². The van der Waals surface area contributed by atoms with Crippen molar-refractivity contribution < 1.29 is 14.3 Å². The number of ether oxygens (including phenoxy) is 2. The van der Waals surface area contributed by atoms with Gasteiger partial charge in [0, 0.05) is 24.6 Å². The predicted molar refractivity (Wildman–Crippen MR) is 82.1 cm³/mol. The van der Waals surface area contributed by atoms with Gasteiger partial charge in [-0.15, -0.1) is 0 Å². The van der Waals surface area contributed by atoms with Gasteiger partial charge >= 0.3 is 0 Å². The third-order valence-corrected chi connectivity index (χ3v) is 4.21. The minimum Gasteiger partial charge on any atom is -0.454 e. The van der Waals surface area contributed by atoms with Crippen molar-refractivity contribution in [1.82, 2.24) is 10.3 Å². The van der Waals surface area contributed by atoms with Crippen LogP contribution in [0.1, 0.15) is 5.56 Å². The van der Waals surface area contributed by atoms with Gasteiger partial charge in [0.15, 0.2) is 11.5 Å². The first-order valence-corrected chi connectivity index (χ1v) is 7.98. The highest BCUT2D eigenvalue weighted by molar-refractivity contribution is 7.99. The fourth-order valence-electron chi connectivity index (χ4n) is 2.17. The topological polar surface area (TPSA) is 63.2 Å². The molecule has 3 rings (SSSR count). The highest BCUT2D eigenvalue weighted by Gasteiger charge is 2.14. The second-order valence-corrected chi connectivity index (χ2v) is 6.02. The molecule has 0 aromatic heterocycles. The van der Waals surface area contributed by atoms with Gasteiger partial charge < -0.3 is 9.47 Å². The van der Waals surface area contributed by atoms with Gasteiger partial charge in [0.1, 0.15) is 0 Å². The maximum Gasteiger partial charge on any atom is 0.254 e. The van der Waals surface area contributed by atoms with E-state index < -0.39 is 0 Å². The van der Waals surface area contributed by atoms with Crippen LogP contribution in [0.3, 0.4) is 0 Å². The van der Waals surface area contributed by atoms with E-state index in [0.717, 1.165) is 35.9 Å². The minimum absolute atomic E-state index is 0.0844. The monoisotopic (exact) mass is 307 g/mol. The van der Waals surface area contributed by atoms with Crippen molar-refractivity contribution in [2.75, 3.05) is 37.9 Å². The lowest BCUT2D eigenvalue weighted by Gasteiger charge is -2.24. The van der Waals surface area contributed by atoms with E-state index in [0.29, 0.717) is 12.3 Å². The molecule has 1 fully saturated rings. The predicted octanol–water partition coefficient (Wildman–Crippen LogP) is 0.914. The number of thioether (sulfide) groups is 1. The maximum absolute atomic E-state index is 11.8. The Morgan fingerprint density at radius 1 is 1.33 bits per heavy atom. The average Bonchev–Trinajstić information content (AvgIpc) is 2.96. The first-order valence-electron chi connectivity index (χ1n) is 6.83. The van der Waals surface area contributed by atoms with Gasteiger partial charge in [-0.25, -0.2) is 5.43 Å². The number of carbonyl (C=O) groups excluding carboxylic acids is 1. The highest BCUT2D eigenvalue weighted by Crippen LogP contribution is 2.31. The van der Waals surface area contributed by atoms with Crippen LogP contribution in [0.4, 0.5) is 0 Å². The number of fused-ring (bicyclic) bond motifs is 1. The molecular weight excluding hydrogens is 290 g/mol. The summed E-state index contributed by atoms with van der Waals surface area (Å²) in [6, 6.07) is 5.53. The molecule has 0 saturated carbocycles. The molecule has 0 spiro atoms. The molecular formula is C14H17N3O3S. The van der Waals surface area contributed by atoms with Crippen molar-refractivity contribution in [3.8, 4) is 11.5 Å². The van der Waals surface area contributed by atoms with Crippen LogP contribution in [-0.2, 0) is 4.79 Å². The van der Waals surface area contributed by atoms with Crippen molar-refractivity contribution >= 4 is 23.9 Å². The van der Waals surface area contributed by atoms with Gasteiger partial charge in [0.25, 0.3) is 5.91 Å². The smallest absolute Gasteiger partial charge is 0.254 e. The number of hydrogen-bond acceptors (Lipinski definition) is 6. The van der Waals surface area contributed by atoms with Gasteiger partial charge in [0.2, 0.25) is 6.79 Å². The summed E-state index contributed by atoms with van der Waals surface area (Å²) in [5.74, 6) is 3.54. The van der Waals surface area contributed by atoms with E-state index in [-0.39, 0.29) is 12.7 Å². The molecule has 0 aliphatic carbocycles. The van der Waals surface area contributed by atoms with Crippen LogP contribution < -0.4 is 14.9 Å². The van der Waals surface area contributed by atoms with Crippen LogP contribution in [0.15, 0.2) is 23.3 Å². The van der Waals surface area contributed by atoms with Crippen LogP contribution in [0.25, 0.3) is 0 Å². The number of hydrazone groups is 1. The third-order valence-electron chi connectivity index (χ3n) is 3.27. The summed E-state index contributed by atoms with van der Waals surface area (Å²) in [5.41, 5.74) is 3.41. The Labute approximate surface area is 127 Å². The summed E-state index contributed by atoms with van der Waals surface area (Å²) in [7, 11) is 0. The Morgan fingerprint density at radius 2 is 2.14 bits per heavy atom. The molecule has 112 valence electrons. The number of rotatable bonds is 4. The number of carbonyl (C=O) groups is 1. The molecule has 1 amide bonds. The molecule has 1 aromatic carbocycles. The van der Waals surface area contributed by atoms with Gasteiger partial charge in [-0.3, -0.25) is 9.69 Å². The van der Waals surface area contributed by atoms with Crippen LogP contribution in [0, 0.1) is 0 Å². The summed E-state index contributed by atoms with van der Waals surface area (Å²) >= 11 is 1.93. The zero-order valence-corrected chi connectivity index (χ0v) is 12.4. The Balaban J connectivity index is 1.48. The fraction of sp³-hybridized carbons (Fsp3) is 0.429. The largest absolute Gasteiger partial charge is 0.454 e. The molecule has 0 radical (unpaired) electrons. The fourth-order valence-corrected chi connectivity index (χ4v) is 3.15. The number of nitrogens with one attached hydrogen (secondary N) is 1. The lowest BCUT2D eigenvalue weighted by atomic mass is 10.2. The van der Waals surface area contributed by atoms with Crippen molar-refractivity contribution in [3.05, 3.63) is 23.8 Å². The molecule has 0 unspecified atom stereocenters. The van der Waals surface area contributed by atoms with E-state index in [1.165, 1.54) is 0 Å². The minimum atomic E-state index is -0.0844. The van der Waals surface area contributed by atoms with Crippen molar-refractivity contribution in [2.24, 2.45) is 5.10 Å². The van der Waals surface area contributed by atoms with E-state index in [9.17, 15) is 4.79 Å². The summed E-state index contributed by atoms with van der Waals surface area (Å²) in [6.45, 7) is 2.58. The van der Waals surface area contributed by atoms with E-state index in [1.54, 1.807) is 6.21 Å². The number of nitrogens with zero attached hydrogens (tertiary/aromatic N) is 2. The van der Waals surface area contributed by atoms with Crippen molar-refractivity contribution in [1.29, 1.82) is 0 Å². The van der Waals surface area contributed by atoms with Gasteiger partial charge in [-0.2, -0.15) is 16.9 Å². The summed E-state index contributed by atoms with van der Waals surface area (Å²) in [4.78, 5) is 13.9. The maximum atomic E-state index is 11.8. The number of hydrogen-bond donors (Lipinski definition) is 1. The molecule has 7 heteroatoms. The molecule has 1 saturated heterocycles. The van der Waals surface area contributed by atoms with Crippen LogP contribution in [-0.4, -0.2) is 55.0 Å². The van der Waals surface area contributed by atoms with E-state index in [1.807, 2.05) is 30.0 Å². The van der Waals surface area contributed by atoms with E-state index in [4.69, 9.17) is 9.47 Å². The summed E-state index contributed by atoms with van der Waals surface area (Å²) < 4.78 is 10.5. The molecule has 2 heterocycles. The third kappa shape index (κ3) is 3.89. The normalized spacial score (nSPS) is 18.1. The highest BCUT2D eigenvalue weighted by atomic mass is 32.2. The molecule has 2 aliphatic rings. The average molecular weight is 307 g/mol. The summed E-state index contributed by atoms with van der Waals surface area (Å²) in [6.07, 6.45) is 1.60. The first-order chi connectivity index (χ1) is 10.3. The lowest BCUT2D eigenvalue weighted by molar-refractivity contribution is -0.122. The zero-order chi connectivity index (χ0) is 14.5. The number of benzene rings is 1. The number of amides is 1. The van der Waals surface area contributed by atoms with Crippen molar-refractivity contribution in [3.63, 3.8) is 0 Å². The Morgan fingerprint density at radius 3 is 3.00 bits per heavy atom. The SMILES string of the molecule is O=C(CN1CCSCC1)N/N=C\c1ccc2c(c1)OCO2. The Hall–Kier alpha value is -1.73. The first kappa shape index (κ1) is 14.2. The molecule has 21 heavy (non-hydrogen) atoms. The summed E-state index contributed by atoms with van der Waals surface area (Å²) in [5, 5.41) is 3.98. The van der Waals surface area contributed by atoms with Crippen LogP contribution in [0.2, 0.25) is 0 Å². The van der Waals surface area contributed by atoms with E-state index in [2.05, 4.69) is 15.4 Å². The van der Waals surface area contributed by atoms with Crippen LogP contribution >= 0.6 is 11.8 Å². The van der Waals surface area contributed by atoms with Gasteiger partial charge in [-0.05, 0) is 23.8 Å². The van der Waals surface area contributed by atoms with Gasteiger partial charge in [0.05, 0.1) is 12.8 Å².